The van der Waals surface area contributed by atoms with Gasteiger partial charge in [-0.2, -0.15) is 0 Å². The SMILES string of the molecule is CC[C@@]1(CN)C[C@H]2CCC[C@H]21. The number of hydrogen-bond donors (Lipinski definition) is 1. The Morgan fingerprint density at radius 2 is 2.27 bits per heavy atom. The van der Waals surface area contributed by atoms with Gasteiger partial charge in [0.25, 0.3) is 0 Å². The summed E-state index contributed by atoms with van der Waals surface area (Å²) in [5.41, 5.74) is 6.42. The van der Waals surface area contributed by atoms with Crippen LogP contribution < -0.4 is 5.73 Å². The first-order valence-electron chi connectivity index (χ1n) is 5.02. The molecule has 64 valence electrons. The minimum Gasteiger partial charge on any atom is -0.330 e. The number of hydrogen-bond acceptors (Lipinski definition) is 1. The van der Waals surface area contributed by atoms with Crippen molar-refractivity contribution < 1.29 is 0 Å². The van der Waals surface area contributed by atoms with Crippen LogP contribution in [0.4, 0.5) is 0 Å². The predicted octanol–water partition coefficient (Wildman–Crippen LogP) is 2.16. The van der Waals surface area contributed by atoms with E-state index in [2.05, 4.69) is 6.92 Å². The van der Waals surface area contributed by atoms with Crippen molar-refractivity contribution in [3.63, 3.8) is 0 Å². The highest BCUT2D eigenvalue weighted by Gasteiger charge is 2.52. The van der Waals surface area contributed by atoms with Crippen LogP contribution in [0.2, 0.25) is 0 Å². The van der Waals surface area contributed by atoms with Gasteiger partial charge in [0.05, 0.1) is 0 Å². The lowest BCUT2D eigenvalue weighted by Gasteiger charge is -2.52. The summed E-state index contributed by atoms with van der Waals surface area (Å²) < 4.78 is 0. The van der Waals surface area contributed by atoms with Crippen molar-refractivity contribution in [2.45, 2.75) is 39.0 Å². The molecule has 2 N–H and O–H groups in total. The van der Waals surface area contributed by atoms with E-state index in [9.17, 15) is 0 Å². The lowest BCUT2D eigenvalue weighted by molar-refractivity contribution is -0.0163. The number of rotatable bonds is 2. The van der Waals surface area contributed by atoms with E-state index in [1.807, 2.05) is 0 Å². The van der Waals surface area contributed by atoms with Gasteiger partial charge in [-0.15, -0.1) is 0 Å². The van der Waals surface area contributed by atoms with Crippen LogP contribution in [0.1, 0.15) is 39.0 Å². The normalized spacial score (nSPS) is 48.5. The third-order valence-electron chi connectivity index (χ3n) is 4.23. The summed E-state index contributed by atoms with van der Waals surface area (Å²) >= 11 is 0. The molecule has 0 aliphatic heterocycles. The Hall–Kier alpha value is -0.0400. The van der Waals surface area contributed by atoms with Crippen LogP contribution in [-0.2, 0) is 0 Å². The van der Waals surface area contributed by atoms with E-state index < -0.39 is 0 Å². The monoisotopic (exact) mass is 153 g/mol. The summed E-state index contributed by atoms with van der Waals surface area (Å²) in [6.45, 7) is 3.24. The molecule has 0 saturated heterocycles. The summed E-state index contributed by atoms with van der Waals surface area (Å²) in [7, 11) is 0. The minimum atomic E-state index is 0.584. The third kappa shape index (κ3) is 0.868. The van der Waals surface area contributed by atoms with E-state index in [4.69, 9.17) is 5.73 Å². The molecule has 2 rings (SSSR count). The van der Waals surface area contributed by atoms with Gasteiger partial charge in [0, 0.05) is 0 Å². The maximum Gasteiger partial charge on any atom is -0.00178 e. The quantitative estimate of drug-likeness (QED) is 0.646. The van der Waals surface area contributed by atoms with E-state index in [-0.39, 0.29) is 0 Å². The van der Waals surface area contributed by atoms with Gasteiger partial charge in [0.1, 0.15) is 0 Å². The molecule has 0 aromatic carbocycles. The van der Waals surface area contributed by atoms with Crippen molar-refractivity contribution in [2.75, 3.05) is 6.54 Å². The Balaban J connectivity index is 2.06. The molecule has 0 unspecified atom stereocenters. The van der Waals surface area contributed by atoms with Gasteiger partial charge in [-0.25, -0.2) is 0 Å². The van der Waals surface area contributed by atoms with E-state index in [0.717, 1.165) is 18.4 Å². The summed E-state index contributed by atoms with van der Waals surface area (Å²) in [5.74, 6) is 2.08. The van der Waals surface area contributed by atoms with Crippen molar-refractivity contribution in [3.8, 4) is 0 Å². The van der Waals surface area contributed by atoms with Crippen LogP contribution in [0.3, 0.4) is 0 Å². The fourth-order valence-corrected chi connectivity index (χ4v) is 3.39. The molecule has 11 heavy (non-hydrogen) atoms. The average Bonchev–Trinajstić information content (AvgIpc) is 2.37. The fraction of sp³-hybridized carbons (Fsp3) is 1.00. The second-order valence-electron chi connectivity index (χ2n) is 4.42. The molecule has 0 radical (unpaired) electrons. The minimum absolute atomic E-state index is 0.584. The van der Waals surface area contributed by atoms with E-state index >= 15 is 0 Å². The molecule has 0 bridgehead atoms. The Morgan fingerprint density at radius 3 is 2.82 bits per heavy atom. The first kappa shape index (κ1) is 7.60. The summed E-state index contributed by atoms with van der Waals surface area (Å²) in [5, 5.41) is 0. The van der Waals surface area contributed by atoms with Crippen LogP contribution >= 0.6 is 0 Å². The van der Waals surface area contributed by atoms with Crippen molar-refractivity contribution in [1.82, 2.24) is 0 Å². The molecule has 1 heteroatoms. The first-order chi connectivity index (χ1) is 5.32. The second-order valence-corrected chi connectivity index (χ2v) is 4.42. The largest absolute Gasteiger partial charge is 0.330 e. The smallest absolute Gasteiger partial charge is 0.00178 e. The Kier molecular flexibility index (Phi) is 1.71. The zero-order chi connectivity index (χ0) is 7.90. The molecule has 0 amide bonds. The molecule has 2 saturated carbocycles. The van der Waals surface area contributed by atoms with Gasteiger partial charge < -0.3 is 5.73 Å². The molecule has 0 spiro atoms. The van der Waals surface area contributed by atoms with Crippen molar-refractivity contribution in [1.29, 1.82) is 0 Å². The molecule has 3 atom stereocenters. The number of nitrogens with two attached hydrogens (primary N) is 1. The van der Waals surface area contributed by atoms with Crippen LogP contribution in [0, 0.1) is 17.3 Å². The van der Waals surface area contributed by atoms with Gasteiger partial charge in [-0.1, -0.05) is 19.8 Å². The Labute approximate surface area is 69.4 Å². The molecule has 2 aliphatic rings. The van der Waals surface area contributed by atoms with Crippen LogP contribution in [0.5, 0.6) is 0 Å². The average molecular weight is 153 g/mol. The molecule has 1 nitrogen and oxygen atoms in total. The Bertz CT molecular complexity index is 149. The standard InChI is InChI=1S/C10H19N/c1-2-10(7-11)6-8-4-3-5-9(8)10/h8-9H,2-7,11H2,1H3/t8-,9-,10+/m1/s1. The number of fused-ring (bicyclic) bond motifs is 1. The predicted molar refractivity (Wildman–Crippen MR) is 47.2 cm³/mol. The molecule has 2 aliphatic carbocycles. The molecule has 0 aromatic rings. The van der Waals surface area contributed by atoms with Crippen LogP contribution in [-0.4, -0.2) is 6.54 Å². The van der Waals surface area contributed by atoms with Gasteiger partial charge in [0.2, 0.25) is 0 Å². The van der Waals surface area contributed by atoms with Gasteiger partial charge in [0.15, 0.2) is 0 Å². The molecule has 0 heterocycles. The fourth-order valence-electron chi connectivity index (χ4n) is 3.39. The van der Waals surface area contributed by atoms with Gasteiger partial charge >= 0.3 is 0 Å². The molecular weight excluding hydrogens is 134 g/mol. The van der Waals surface area contributed by atoms with Crippen molar-refractivity contribution in [2.24, 2.45) is 23.0 Å². The van der Waals surface area contributed by atoms with Crippen LogP contribution in [0.15, 0.2) is 0 Å². The van der Waals surface area contributed by atoms with Crippen molar-refractivity contribution in [3.05, 3.63) is 0 Å². The molecule has 2 fully saturated rings. The van der Waals surface area contributed by atoms with E-state index in [1.54, 1.807) is 0 Å². The highest BCUT2D eigenvalue weighted by Crippen LogP contribution is 2.60. The maximum absolute atomic E-state index is 5.84. The lowest BCUT2D eigenvalue weighted by atomic mass is 9.54. The van der Waals surface area contributed by atoms with Crippen LogP contribution in [0.25, 0.3) is 0 Å². The summed E-state index contributed by atoms with van der Waals surface area (Å²) in [6.07, 6.45) is 7.18. The highest BCUT2D eigenvalue weighted by atomic mass is 14.7. The third-order valence-corrected chi connectivity index (χ3v) is 4.23. The molecule has 0 aromatic heterocycles. The highest BCUT2D eigenvalue weighted by molar-refractivity contribution is 5.03. The summed E-state index contributed by atoms with van der Waals surface area (Å²) in [6, 6.07) is 0. The first-order valence-corrected chi connectivity index (χ1v) is 5.02. The zero-order valence-corrected chi connectivity index (χ0v) is 7.47. The van der Waals surface area contributed by atoms with Gasteiger partial charge in [-0.05, 0) is 43.1 Å². The lowest BCUT2D eigenvalue weighted by Crippen LogP contribution is -2.49. The van der Waals surface area contributed by atoms with E-state index in [0.29, 0.717) is 5.41 Å². The zero-order valence-electron chi connectivity index (χ0n) is 7.47. The topological polar surface area (TPSA) is 26.0 Å². The van der Waals surface area contributed by atoms with Gasteiger partial charge in [-0.3, -0.25) is 0 Å². The maximum atomic E-state index is 5.84. The summed E-state index contributed by atoms with van der Waals surface area (Å²) in [4.78, 5) is 0. The Morgan fingerprint density at radius 1 is 1.45 bits per heavy atom. The molecular formula is C10H19N. The van der Waals surface area contributed by atoms with E-state index in [1.165, 1.54) is 32.1 Å². The van der Waals surface area contributed by atoms with Crippen molar-refractivity contribution >= 4 is 0 Å². The second kappa shape index (κ2) is 2.48.